The zero-order chi connectivity index (χ0) is 13.1. The Kier molecular flexibility index (Phi) is 4.43. The molecule has 2 rings (SSSR count). The quantitative estimate of drug-likeness (QED) is 0.857. The lowest BCUT2D eigenvalue weighted by Crippen LogP contribution is -2.17. The van der Waals surface area contributed by atoms with Crippen LogP contribution in [-0.2, 0) is 20.1 Å². The highest BCUT2D eigenvalue weighted by Crippen LogP contribution is 2.22. The van der Waals surface area contributed by atoms with E-state index in [-0.39, 0.29) is 0 Å². The SMILES string of the molecule is CN(Cc1cnn(C)c1)Cc1ccc(Br)cc1Cl. The van der Waals surface area contributed by atoms with Crippen molar-refractivity contribution in [3.63, 3.8) is 0 Å². The van der Waals surface area contributed by atoms with E-state index in [4.69, 9.17) is 11.6 Å². The van der Waals surface area contributed by atoms with Crippen molar-refractivity contribution < 1.29 is 0 Å². The van der Waals surface area contributed by atoms with Crippen molar-refractivity contribution in [2.75, 3.05) is 7.05 Å². The minimum atomic E-state index is 0.794. The summed E-state index contributed by atoms with van der Waals surface area (Å²) in [5, 5.41) is 4.96. The second-order valence-corrected chi connectivity index (χ2v) is 5.75. The third kappa shape index (κ3) is 3.57. The Bertz CT molecular complexity index is 539. The Morgan fingerprint density at radius 2 is 2.17 bits per heavy atom. The van der Waals surface area contributed by atoms with Gasteiger partial charge in [0.1, 0.15) is 0 Å². The van der Waals surface area contributed by atoms with Gasteiger partial charge in [-0.1, -0.05) is 33.6 Å². The second kappa shape index (κ2) is 5.87. The smallest absolute Gasteiger partial charge is 0.0534 e. The first-order valence-electron chi connectivity index (χ1n) is 5.64. The molecular formula is C13H15BrClN3. The predicted molar refractivity (Wildman–Crippen MR) is 77.5 cm³/mol. The van der Waals surface area contributed by atoms with Crippen LogP contribution in [0.3, 0.4) is 0 Å². The lowest BCUT2D eigenvalue weighted by atomic mass is 10.2. The summed E-state index contributed by atoms with van der Waals surface area (Å²) in [5.41, 5.74) is 2.33. The summed E-state index contributed by atoms with van der Waals surface area (Å²) in [5.74, 6) is 0. The Morgan fingerprint density at radius 3 is 2.78 bits per heavy atom. The maximum absolute atomic E-state index is 6.21. The highest BCUT2D eigenvalue weighted by Gasteiger charge is 2.06. The molecule has 0 saturated heterocycles. The summed E-state index contributed by atoms with van der Waals surface area (Å²) in [7, 11) is 4.00. The maximum Gasteiger partial charge on any atom is 0.0534 e. The van der Waals surface area contributed by atoms with Crippen molar-refractivity contribution in [3.8, 4) is 0 Å². The molecule has 0 unspecified atom stereocenters. The van der Waals surface area contributed by atoms with Crippen LogP contribution in [-0.4, -0.2) is 21.7 Å². The number of halogens is 2. The van der Waals surface area contributed by atoms with E-state index in [9.17, 15) is 0 Å². The summed E-state index contributed by atoms with van der Waals surface area (Å²) in [6.45, 7) is 1.68. The van der Waals surface area contributed by atoms with E-state index in [1.807, 2.05) is 42.3 Å². The Hall–Kier alpha value is -0.840. The van der Waals surface area contributed by atoms with Gasteiger partial charge in [-0.2, -0.15) is 5.10 Å². The Morgan fingerprint density at radius 1 is 1.39 bits per heavy atom. The molecule has 0 bridgehead atoms. The minimum absolute atomic E-state index is 0.794. The molecule has 0 spiro atoms. The van der Waals surface area contributed by atoms with Crippen LogP contribution in [0, 0.1) is 0 Å². The summed E-state index contributed by atoms with van der Waals surface area (Å²) in [6, 6.07) is 5.99. The number of nitrogens with zero attached hydrogens (tertiary/aromatic N) is 3. The largest absolute Gasteiger partial charge is 0.298 e. The number of aryl methyl sites for hydroxylation is 1. The van der Waals surface area contributed by atoms with Crippen LogP contribution in [0.4, 0.5) is 0 Å². The van der Waals surface area contributed by atoms with Gasteiger partial charge in [0.2, 0.25) is 0 Å². The molecule has 18 heavy (non-hydrogen) atoms. The zero-order valence-corrected chi connectivity index (χ0v) is 12.7. The molecule has 0 N–H and O–H groups in total. The predicted octanol–water partition coefficient (Wildman–Crippen LogP) is 3.47. The zero-order valence-electron chi connectivity index (χ0n) is 10.4. The lowest BCUT2D eigenvalue weighted by molar-refractivity contribution is 0.319. The average molecular weight is 329 g/mol. The van der Waals surface area contributed by atoms with E-state index >= 15 is 0 Å². The Labute approximate surface area is 120 Å². The molecule has 0 saturated carbocycles. The molecule has 0 amide bonds. The standard InChI is InChI=1S/C13H15BrClN3/c1-17(7-10-6-16-18(2)8-10)9-11-3-4-12(14)5-13(11)15/h3-6,8H,7,9H2,1-2H3. The fraction of sp³-hybridized carbons (Fsp3) is 0.308. The van der Waals surface area contributed by atoms with E-state index in [1.165, 1.54) is 5.56 Å². The first-order valence-corrected chi connectivity index (χ1v) is 6.81. The van der Waals surface area contributed by atoms with Gasteiger partial charge >= 0.3 is 0 Å². The monoisotopic (exact) mass is 327 g/mol. The van der Waals surface area contributed by atoms with E-state index in [0.717, 1.165) is 28.1 Å². The van der Waals surface area contributed by atoms with Crippen LogP contribution in [0.25, 0.3) is 0 Å². The van der Waals surface area contributed by atoms with Crippen LogP contribution >= 0.6 is 27.5 Å². The molecule has 0 aliphatic rings. The number of rotatable bonds is 4. The average Bonchev–Trinajstić information content (AvgIpc) is 2.68. The van der Waals surface area contributed by atoms with Gasteiger partial charge in [-0.3, -0.25) is 9.58 Å². The van der Waals surface area contributed by atoms with Crippen molar-refractivity contribution in [3.05, 3.63) is 51.2 Å². The normalized spacial score (nSPS) is 11.2. The molecule has 3 nitrogen and oxygen atoms in total. The third-order valence-corrected chi connectivity index (χ3v) is 3.51. The van der Waals surface area contributed by atoms with Crippen LogP contribution in [0.1, 0.15) is 11.1 Å². The number of aromatic nitrogens is 2. The first-order chi connectivity index (χ1) is 8.54. The Balaban J connectivity index is 2.00. The van der Waals surface area contributed by atoms with Crippen molar-refractivity contribution in [1.82, 2.24) is 14.7 Å². The van der Waals surface area contributed by atoms with Gasteiger partial charge in [0.05, 0.1) is 6.20 Å². The highest BCUT2D eigenvalue weighted by molar-refractivity contribution is 9.10. The fourth-order valence-electron chi connectivity index (χ4n) is 1.86. The molecular weight excluding hydrogens is 314 g/mol. The number of benzene rings is 1. The van der Waals surface area contributed by atoms with Crippen LogP contribution in [0.2, 0.25) is 5.02 Å². The molecule has 0 fully saturated rings. The highest BCUT2D eigenvalue weighted by atomic mass is 79.9. The topological polar surface area (TPSA) is 21.1 Å². The molecule has 2 aromatic rings. The van der Waals surface area contributed by atoms with Gasteiger partial charge in [0.15, 0.2) is 0 Å². The van der Waals surface area contributed by atoms with Gasteiger partial charge < -0.3 is 0 Å². The van der Waals surface area contributed by atoms with Gasteiger partial charge in [-0.15, -0.1) is 0 Å². The van der Waals surface area contributed by atoms with E-state index < -0.39 is 0 Å². The molecule has 1 heterocycles. The third-order valence-electron chi connectivity index (χ3n) is 2.67. The molecule has 0 aliphatic carbocycles. The second-order valence-electron chi connectivity index (χ2n) is 4.43. The minimum Gasteiger partial charge on any atom is -0.298 e. The van der Waals surface area contributed by atoms with Gasteiger partial charge in [-0.25, -0.2) is 0 Å². The van der Waals surface area contributed by atoms with Crippen molar-refractivity contribution in [2.45, 2.75) is 13.1 Å². The molecule has 96 valence electrons. The van der Waals surface area contributed by atoms with Gasteiger partial charge in [0.25, 0.3) is 0 Å². The first kappa shape index (κ1) is 13.6. The molecule has 0 atom stereocenters. The molecule has 5 heteroatoms. The van der Waals surface area contributed by atoms with Crippen LogP contribution in [0.15, 0.2) is 35.1 Å². The molecule has 1 aromatic carbocycles. The van der Waals surface area contributed by atoms with E-state index in [1.54, 1.807) is 0 Å². The van der Waals surface area contributed by atoms with Gasteiger partial charge in [0, 0.05) is 41.4 Å². The summed E-state index contributed by atoms with van der Waals surface area (Å²) in [6.07, 6.45) is 3.92. The maximum atomic E-state index is 6.21. The van der Waals surface area contributed by atoms with E-state index in [2.05, 4.69) is 33.0 Å². The van der Waals surface area contributed by atoms with Crippen molar-refractivity contribution in [2.24, 2.45) is 7.05 Å². The van der Waals surface area contributed by atoms with E-state index in [0.29, 0.717) is 0 Å². The van der Waals surface area contributed by atoms with Crippen molar-refractivity contribution >= 4 is 27.5 Å². The fourth-order valence-corrected chi connectivity index (χ4v) is 2.59. The molecule has 0 aliphatic heterocycles. The number of hydrogen-bond donors (Lipinski definition) is 0. The van der Waals surface area contributed by atoms with Crippen LogP contribution in [0.5, 0.6) is 0 Å². The van der Waals surface area contributed by atoms with Gasteiger partial charge in [-0.05, 0) is 24.7 Å². The van der Waals surface area contributed by atoms with Crippen LogP contribution < -0.4 is 0 Å². The lowest BCUT2D eigenvalue weighted by Gasteiger charge is -2.16. The summed E-state index contributed by atoms with van der Waals surface area (Å²) < 4.78 is 2.82. The summed E-state index contributed by atoms with van der Waals surface area (Å²) >= 11 is 9.62. The summed E-state index contributed by atoms with van der Waals surface area (Å²) in [4.78, 5) is 2.21. The molecule has 0 radical (unpaired) electrons. The van der Waals surface area contributed by atoms with Crippen molar-refractivity contribution in [1.29, 1.82) is 0 Å². The number of hydrogen-bond acceptors (Lipinski definition) is 2. The molecule has 1 aromatic heterocycles.